The van der Waals surface area contributed by atoms with Gasteiger partial charge in [-0.25, -0.2) is 0 Å². The van der Waals surface area contributed by atoms with Gasteiger partial charge in [0.15, 0.2) is 10.6 Å². The number of anilines is 1. The van der Waals surface area contributed by atoms with E-state index in [0.29, 0.717) is 17.0 Å². The number of hydrogen-bond acceptors (Lipinski definition) is 5. The van der Waals surface area contributed by atoms with Crippen LogP contribution in [0.5, 0.6) is 0 Å². The highest BCUT2D eigenvalue weighted by atomic mass is 35.5. The van der Waals surface area contributed by atoms with E-state index < -0.39 is 22.8 Å². The largest absolute Gasteiger partial charge is 0.356 e. The smallest absolute Gasteiger partial charge is 0.260 e. The Kier molecular flexibility index (Phi) is 8.49. The molecule has 3 N–H and O–H groups in total. The first-order chi connectivity index (χ1) is 15.8. The zero-order valence-electron chi connectivity index (χ0n) is 18.3. The topological polar surface area (TPSA) is 101 Å². The number of nitrogens with two attached hydrogens (primary N) is 1. The molecule has 33 heavy (non-hydrogen) atoms. The molecule has 0 saturated heterocycles. The molecule has 0 fully saturated rings. The lowest BCUT2D eigenvalue weighted by Gasteiger charge is -2.31. The molecule has 2 atom stereocenters. The molecule has 0 aliphatic carbocycles. The molecule has 2 unspecified atom stereocenters. The number of nitrogens with zero attached hydrogens (tertiary/aromatic N) is 2. The van der Waals surface area contributed by atoms with Crippen molar-refractivity contribution in [2.45, 2.75) is 30.8 Å². The molecule has 9 heteroatoms. The number of alkyl halides is 2. The maximum Gasteiger partial charge on any atom is 0.260 e. The number of carbonyl (C=O) groups excluding carboxylic acids is 2. The van der Waals surface area contributed by atoms with Crippen LogP contribution in [-0.4, -0.2) is 34.4 Å². The molecule has 0 aliphatic heterocycles. The summed E-state index contributed by atoms with van der Waals surface area (Å²) >= 11 is 11.9. The van der Waals surface area contributed by atoms with E-state index in [-0.39, 0.29) is 18.4 Å². The van der Waals surface area contributed by atoms with Crippen molar-refractivity contribution in [1.82, 2.24) is 10.5 Å². The number of rotatable bonds is 9. The number of amides is 2. The molecule has 0 bridgehead atoms. The summed E-state index contributed by atoms with van der Waals surface area (Å²) in [6.45, 7) is 4.05. The highest BCUT2D eigenvalue weighted by Crippen LogP contribution is 2.27. The second-order valence-corrected chi connectivity index (χ2v) is 9.02. The van der Waals surface area contributed by atoms with Gasteiger partial charge in [0.1, 0.15) is 6.04 Å². The fourth-order valence-electron chi connectivity index (χ4n) is 3.34. The average Bonchev–Trinajstić information content (AvgIpc) is 3.36. The van der Waals surface area contributed by atoms with Crippen LogP contribution < -0.4 is 16.0 Å². The van der Waals surface area contributed by atoms with Gasteiger partial charge in [0.05, 0.1) is 6.20 Å². The summed E-state index contributed by atoms with van der Waals surface area (Å²) in [6.07, 6.45) is 1.54. The van der Waals surface area contributed by atoms with E-state index in [1.54, 1.807) is 42.6 Å². The first kappa shape index (κ1) is 24.8. The van der Waals surface area contributed by atoms with Crippen LogP contribution in [0.2, 0.25) is 0 Å². The number of benzene rings is 2. The number of carbonyl (C=O) groups is 2. The predicted octanol–water partition coefficient (Wildman–Crippen LogP) is 4.32. The van der Waals surface area contributed by atoms with Gasteiger partial charge in [-0.15, -0.1) is 0 Å². The summed E-state index contributed by atoms with van der Waals surface area (Å²) < 4.78 is 5.23. The molecular weight excluding hydrogens is 463 g/mol. The van der Waals surface area contributed by atoms with Gasteiger partial charge in [-0.2, -0.15) is 0 Å². The Bertz CT molecular complexity index is 1060. The first-order valence-electron chi connectivity index (χ1n) is 10.5. The Morgan fingerprint density at radius 2 is 1.82 bits per heavy atom. The SMILES string of the molecule is CC(C)C(CN(C(=O)C(Cl)Cl)c1cccc(-c2ccno2)c1)NC(=O)C(N)c1ccccc1. The Morgan fingerprint density at radius 1 is 1.09 bits per heavy atom. The highest BCUT2D eigenvalue weighted by molar-refractivity contribution is 6.54. The van der Waals surface area contributed by atoms with Crippen LogP contribution >= 0.6 is 23.2 Å². The number of halogens is 2. The van der Waals surface area contributed by atoms with E-state index in [9.17, 15) is 9.59 Å². The summed E-state index contributed by atoms with van der Waals surface area (Å²) in [5.41, 5.74) is 8.16. The Labute approximate surface area is 202 Å². The van der Waals surface area contributed by atoms with Gasteiger partial charge in [0.25, 0.3) is 5.91 Å². The zero-order chi connectivity index (χ0) is 24.0. The van der Waals surface area contributed by atoms with Crippen LogP contribution in [0.4, 0.5) is 5.69 Å². The lowest BCUT2D eigenvalue weighted by atomic mass is 10.0. The van der Waals surface area contributed by atoms with Crippen LogP contribution in [0.1, 0.15) is 25.5 Å². The second kappa shape index (κ2) is 11.3. The van der Waals surface area contributed by atoms with E-state index >= 15 is 0 Å². The minimum atomic E-state index is -1.27. The standard InChI is InChI=1S/C24H26Cl2N4O3/c1-15(2)19(29-23(31)21(27)16-7-4-3-5-8-16)14-30(24(32)22(25)26)18-10-6-9-17(13-18)20-11-12-28-33-20/h3-13,15,19,21-22H,14,27H2,1-2H3,(H,29,31). The predicted molar refractivity (Wildman–Crippen MR) is 130 cm³/mol. The molecule has 7 nitrogen and oxygen atoms in total. The minimum absolute atomic E-state index is 0.00576. The van der Waals surface area contributed by atoms with E-state index in [2.05, 4.69) is 10.5 Å². The number of aromatic nitrogens is 1. The third kappa shape index (κ3) is 6.35. The van der Waals surface area contributed by atoms with Gasteiger partial charge in [-0.3, -0.25) is 9.59 Å². The van der Waals surface area contributed by atoms with Gasteiger partial charge < -0.3 is 20.5 Å². The Hall–Kier alpha value is -2.87. The van der Waals surface area contributed by atoms with Gasteiger partial charge in [-0.1, -0.05) is 84.7 Å². The lowest BCUT2D eigenvalue weighted by Crippen LogP contribution is -2.51. The van der Waals surface area contributed by atoms with E-state index in [1.807, 2.05) is 38.1 Å². The van der Waals surface area contributed by atoms with Gasteiger partial charge >= 0.3 is 0 Å². The molecule has 2 amide bonds. The molecule has 1 heterocycles. The van der Waals surface area contributed by atoms with Crippen molar-refractivity contribution < 1.29 is 14.1 Å². The molecule has 3 aromatic rings. The fourth-order valence-corrected chi connectivity index (χ4v) is 3.57. The second-order valence-electron chi connectivity index (χ2n) is 7.92. The summed E-state index contributed by atoms with van der Waals surface area (Å²) in [4.78, 5) is 26.0. The molecular formula is C24H26Cl2N4O3. The van der Waals surface area contributed by atoms with Gasteiger partial charge in [0, 0.05) is 29.9 Å². The average molecular weight is 489 g/mol. The fraction of sp³-hybridized carbons (Fsp3) is 0.292. The van der Waals surface area contributed by atoms with Crippen LogP contribution in [0.25, 0.3) is 11.3 Å². The molecule has 0 spiro atoms. The van der Waals surface area contributed by atoms with E-state index in [1.165, 1.54) is 4.90 Å². The van der Waals surface area contributed by atoms with Crippen molar-refractivity contribution in [2.24, 2.45) is 11.7 Å². The minimum Gasteiger partial charge on any atom is -0.356 e. The first-order valence-corrected chi connectivity index (χ1v) is 11.4. The van der Waals surface area contributed by atoms with Crippen molar-refractivity contribution in [1.29, 1.82) is 0 Å². The van der Waals surface area contributed by atoms with Gasteiger partial charge in [0.2, 0.25) is 5.91 Å². The van der Waals surface area contributed by atoms with Crippen LogP contribution in [0, 0.1) is 5.92 Å². The Balaban J connectivity index is 1.85. The van der Waals surface area contributed by atoms with E-state index in [4.69, 9.17) is 33.5 Å². The molecule has 0 saturated carbocycles. The van der Waals surface area contributed by atoms with E-state index in [0.717, 1.165) is 5.56 Å². The molecule has 3 rings (SSSR count). The zero-order valence-corrected chi connectivity index (χ0v) is 19.8. The summed E-state index contributed by atoms with van der Waals surface area (Å²) in [5, 5.41) is 6.70. The monoisotopic (exact) mass is 488 g/mol. The summed E-state index contributed by atoms with van der Waals surface area (Å²) in [6, 6.07) is 16.8. The molecule has 0 radical (unpaired) electrons. The van der Waals surface area contributed by atoms with Crippen molar-refractivity contribution in [3.63, 3.8) is 0 Å². The molecule has 1 aromatic heterocycles. The molecule has 174 valence electrons. The van der Waals surface area contributed by atoms with Crippen molar-refractivity contribution in [2.75, 3.05) is 11.4 Å². The van der Waals surface area contributed by atoms with Crippen molar-refractivity contribution in [3.05, 3.63) is 72.4 Å². The number of nitrogens with one attached hydrogen (secondary N) is 1. The van der Waals surface area contributed by atoms with Crippen LogP contribution in [-0.2, 0) is 9.59 Å². The maximum absolute atomic E-state index is 12.9. The van der Waals surface area contributed by atoms with Crippen molar-refractivity contribution in [3.8, 4) is 11.3 Å². The normalized spacial score (nSPS) is 13.1. The van der Waals surface area contributed by atoms with Crippen LogP contribution in [0.15, 0.2) is 71.4 Å². The molecule has 2 aromatic carbocycles. The third-order valence-corrected chi connectivity index (χ3v) is 5.66. The Morgan fingerprint density at radius 3 is 2.42 bits per heavy atom. The quantitative estimate of drug-likeness (QED) is 0.436. The number of hydrogen-bond donors (Lipinski definition) is 2. The van der Waals surface area contributed by atoms with Crippen LogP contribution in [0.3, 0.4) is 0 Å². The van der Waals surface area contributed by atoms with Crippen molar-refractivity contribution >= 4 is 40.7 Å². The third-order valence-electron chi connectivity index (χ3n) is 5.29. The van der Waals surface area contributed by atoms with Gasteiger partial charge in [-0.05, 0) is 23.6 Å². The maximum atomic E-state index is 12.9. The molecule has 0 aliphatic rings. The summed E-state index contributed by atoms with van der Waals surface area (Å²) in [7, 11) is 0. The summed E-state index contributed by atoms with van der Waals surface area (Å²) in [5.74, 6) is -0.287. The lowest BCUT2D eigenvalue weighted by molar-refractivity contribution is -0.124. The highest BCUT2D eigenvalue weighted by Gasteiger charge is 2.29.